The first-order valence-electron chi connectivity index (χ1n) is 7.88. The molecule has 0 heterocycles. The van der Waals surface area contributed by atoms with Crippen LogP contribution in [0.2, 0.25) is 0 Å². The molecular formula is C19H27NO3. The number of hydrogen-bond acceptors (Lipinski definition) is 3. The summed E-state index contributed by atoms with van der Waals surface area (Å²) in [7, 11) is 1.62. The molecule has 1 atom stereocenters. The maximum atomic E-state index is 11.8. The lowest BCUT2D eigenvalue weighted by Gasteiger charge is -2.17. The van der Waals surface area contributed by atoms with Gasteiger partial charge in [0.2, 0.25) is 5.91 Å². The highest BCUT2D eigenvalue weighted by atomic mass is 16.5. The molecule has 1 amide bonds. The fourth-order valence-electron chi connectivity index (χ4n) is 1.93. The number of nitrogens with one attached hydrogen (secondary N) is 1. The van der Waals surface area contributed by atoms with Crippen LogP contribution in [-0.2, 0) is 4.79 Å². The second-order valence-corrected chi connectivity index (χ2v) is 5.73. The van der Waals surface area contributed by atoms with Crippen LogP contribution < -0.4 is 14.8 Å². The van der Waals surface area contributed by atoms with E-state index in [-0.39, 0.29) is 11.9 Å². The molecule has 0 bridgehead atoms. The fraction of sp³-hybridized carbons (Fsp3) is 0.421. The van der Waals surface area contributed by atoms with E-state index in [4.69, 9.17) is 9.47 Å². The Hall–Kier alpha value is -2.23. The van der Waals surface area contributed by atoms with Gasteiger partial charge >= 0.3 is 0 Å². The van der Waals surface area contributed by atoms with Crippen molar-refractivity contribution in [2.24, 2.45) is 5.92 Å². The van der Waals surface area contributed by atoms with Crippen molar-refractivity contribution in [3.8, 4) is 11.5 Å². The summed E-state index contributed by atoms with van der Waals surface area (Å²) in [5.41, 5.74) is 0.964. The zero-order valence-electron chi connectivity index (χ0n) is 14.6. The van der Waals surface area contributed by atoms with Crippen LogP contribution >= 0.6 is 0 Å². The van der Waals surface area contributed by atoms with Gasteiger partial charge in [0.25, 0.3) is 0 Å². The number of allylic oxidation sites excluding steroid dienone is 3. The molecule has 126 valence electrons. The lowest BCUT2D eigenvalue weighted by molar-refractivity contribution is -0.117. The first-order valence-corrected chi connectivity index (χ1v) is 7.88. The smallest absolute Gasteiger partial charge is 0.244 e. The van der Waals surface area contributed by atoms with Gasteiger partial charge in [-0.25, -0.2) is 0 Å². The first kappa shape index (κ1) is 18.8. The van der Waals surface area contributed by atoms with Crippen LogP contribution in [0.1, 0.15) is 39.3 Å². The maximum absolute atomic E-state index is 11.8. The Bertz CT molecular complexity index is 562. The van der Waals surface area contributed by atoms with E-state index in [2.05, 4.69) is 19.2 Å². The monoisotopic (exact) mass is 317 g/mol. The van der Waals surface area contributed by atoms with Gasteiger partial charge in [-0.3, -0.25) is 4.79 Å². The molecule has 1 N–H and O–H groups in total. The van der Waals surface area contributed by atoms with Crippen molar-refractivity contribution in [3.05, 3.63) is 48.1 Å². The normalized spacial score (nSPS) is 12.8. The van der Waals surface area contributed by atoms with Crippen molar-refractivity contribution in [1.82, 2.24) is 5.32 Å². The van der Waals surface area contributed by atoms with Crippen LogP contribution in [0, 0.1) is 5.92 Å². The number of methoxy groups -OCH3 is 1. The third kappa shape index (κ3) is 6.59. The largest absolute Gasteiger partial charge is 0.493 e. The molecule has 1 aromatic carbocycles. The standard InChI is InChI=1S/C19H27NO3/c1-6-7-8-9-19(21)20-15(4)16-10-11-17(18(12-16)22-5)23-13-14(2)3/h6-12,14-15H,13H2,1-5H3,(H,20,21)/b7-6+,9-8+. The second kappa shape index (κ2) is 9.72. The summed E-state index contributed by atoms with van der Waals surface area (Å²) < 4.78 is 11.1. The molecule has 0 aliphatic heterocycles. The molecule has 0 aromatic heterocycles. The molecule has 0 fully saturated rings. The molecule has 23 heavy (non-hydrogen) atoms. The third-order valence-corrected chi connectivity index (χ3v) is 3.17. The van der Waals surface area contributed by atoms with Gasteiger partial charge in [-0.05, 0) is 37.5 Å². The topological polar surface area (TPSA) is 47.6 Å². The van der Waals surface area contributed by atoms with E-state index >= 15 is 0 Å². The van der Waals surface area contributed by atoms with E-state index < -0.39 is 0 Å². The lowest BCUT2D eigenvalue weighted by atomic mass is 10.1. The number of rotatable bonds is 8. The van der Waals surface area contributed by atoms with E-state index in [9.17, 15) is 4.79 Å². The lowest BCUT2D eigenvalue weighted by Crippen LogP contribution is -2.24. The summed E-state index contributed by atoms with van der Waals surface area (Å²) in [4.78, 5) is 11.8. The highest BCUT2D eigenvalue weighted by Crippen LogP contribution is 2.30. The van der Waals surface area contributed by atoms with Gasteiger partial charge in [0, 0.05) is 6.08 Å². The predicted octanol–water partition coefficient (Wildman–Crippen LogP) is 4.04. The van der Waals surface area contributed by atoms with E-state index in [0.29, 0.717) is 18.3 Å². The molecule has 1 unspecified atom stereocenters. The van der Waals surface area contributed by atoms with Crippen molar-refractivity contribution < 1.29 is 14.3 Å². The number of hydrogen-bond donors (Lipinski definition) is 1. The molecule has 4 heteroatoms. The fourth-order valence-corrected chi connectivity index (χ4v) is 1.93. The minimum Gasteiger partial charge on any atom is -0.493 e. The van der Waals surface area contributed by atoms with Gasteiger partial charge in [0.1, 0.15) is 0 Å². The van der Waals surface area contributed by atoms with E-state index in [1.165, 1.54) is 6.08 Å². The minimum absolute atomic E-state index is 0.120. The first-order chi connectivity index (χ1) is 11.0. The van der Waals surface area contributed by atoms with Gasteiger partial charge in [-0.2, -0.15) is 0 Å². The SMILES string of the molecule is C/C=C/C=C/C(=O)NC(C)c1ccc(OCC(C)C)c(OC)c1. The molecule has 0 aliphatic carbocycles. The summed E-state index contributed by atoms with van der Waals surface area (Å²) >= 11 is 0. The van der Waals surface area contributed by atoms with Gasteiger partial charge in [-0.15, -0.1) is 0 Å². The quantitative estimate of drug-likeness (QED) is 0.581. The number of amides is 1. The Morgan fingerprint density at radius 2 is 1.96 bits per heavy atom. The van der Waals surface area contributed by atoms with Crippen molar-refractivity contribution in [2.75, 3.05) is 13.7 Å². The Balaban J connectivity index is 2.77. The van der Waals surface area contributed by atoms with Crippen molar-refractivity contribution >= 4 is 5.91 Å². The molecule has 0 radical (unpaired) electrons. The Kier molecular flexibility index (Phi) is 7.95. The van der Waals surface area contributed by atoms with Crippen LogP contribution in [0.25, 0.3) is 0 Å². The molecule has 0 aliphatic rings. The van der Waals surface area contributed by atoms with Gasteiger partial charge in [0.15, 0.2) is 11.5 Å². The van der Waals surface area contributed by atoms with Crippen LogP contribution in [-0.4, -0.2) is 19.6 Å². The second-order valence-electron chi connectivity index (χ2n) is 5.73. The van der Waals surface area contributed by atoms with Crippen LogP contribution in [0.4, 0.5) is 0 Å². The molecule has 0 spiro atoms. The van der Waals surface area contributed by atoms with Gasteiger partial charge in [0.05, 0.1) is 19.8 Å². The zero-order chi connectivity index (χ0) is 17.2. The highest BCUT2D eigenvalue weighted by molar-refractivity contribution is 5.88. The average molecular weight is 317 g/mol. The molecule has 1 aromatic rings. The number of ether oxygens (including phenoxy) is 2. The molecular weight excluding hydrogens is 290 g/mol. The summed E-state index contributed by atoms with van der Waals surface area (Å²) in [6.45, 7) is 8.67. The van der Waals surface area contributed by atoms with Crippen molar-refractivity contribution in [3.63, 3.8) is 0 Å². The number of carbonyl (C=O) groups is 1. The van der Waals surface area contributed by atoms with E-state index in [1.54, 1.807) is 13.2 Å². The summed E-state index contributed by atoms with van der Waals surface area (Å²) in [6, 6.07) is 5.61. The molecule has 0 saturated heterocycles. The summed E-state index contributed by atoms with van der Waals surface area (Å²) in [5.74, 6) is 1.71. The maximum Gasteiger partial charge on any atom is 0.244 e. The molecule has 1 rings (SSSR count). The van der Waals surface area contributed by atoms with Crippen LogP contribution in [0.15, 0.2) is 42.5 Å². The predicted molar refractivity (Wildman–Crippen MR) is 93.8 cm³/mol. The van der Waals surface area contributed by atoms with Crippen LogP contribution in [0.5, 0.6) is 11.5 Å². The third-order valence-electron chi connectivity index (χ3n) is 3.17. The molecule has 0 saturated carbocycles. The Morgan fingerprint density at radius 1 is 1.22 bits per heavy atom. The van der Waals surface area contributed by atoms with Crippen molar-refractivity contribution in [1.29, 1.82) is 0 Å². The number of carbonyl (C=O) groups excluding carboxylic acids is 1. The van der Waals surface area contributed by atoms with Crippen molar-refractivity contribution in [2.45, 2.75) is 33.7 Å². The average Bonchev–Trinajstić information content (AvgIpc) is 2.52. The van der Waals surface area contributed by atoms with Gasteiger partial charge < -0.3 is 14.8 Å². The van der Waals surface area contributed by atoms with E-state index in [0.717, 1.165) is 11.3 Å². The van der Waals surface area contributed by atoms with Gasteiger partial charge in [-0.1, -0.05) is 38.1 Å². The van der Waals surface area contributed by atoms with E-state index in [1.807, 2.05) is 44.2 Å². The highest BCUT2D eigenvalue weighted by Gasteiger charge is 2.12. The Labute approximate surface area is 139 Å². The summed E-state index contributed by atoms with van der Waals surface area (Å²) in [6.07, 6.45) is 6.90. The van der Waals surface area contributed by atoms with Crippen LogP contribution in [0.3, 0.4) is 0 Å². The minimum atomic E-state index is -0.130. The summed E-state index contributed by atoms with van der Waals surface area (Å²) in [5, 5.41) is 2.92. The number of benzene rings is 1. The zero-order valence-corrected chi connectivity index (χ0v) is 14.6. The molecule has 4 nitrogen and oxygen atoms in total. The Morgan fingerprint density at radius 3 is 2.57 bits per heavy atom.